The van der Waals surface area contributed by atoms with Crippen LogP contribution < -0.4 is 9.47 Å². The maximum absolute atomic E-state index is 12.7. The molecule has 1 amide bonds. The summed E-state index contributed by atoms with van der Waals surface area (Å²) in [4.78, 5) is 26.9. The molecule has 0 radical (unpaired) electrons. The van der Waals surface area contributed by atoms with Crippen molar-refractivity contribution in [2.75, 3.05) is 47.4 Å². The van der Waals surface area contributed by atoms with Crippen LogP contribution >= 0.6 is 0 Å². The summed E-state index contributed by atoms with van der Waals surface area (Å²) < 4.78 is 10.8. The molecule has 1 aliphatic heterocycles. The van der Waals surface area contributed by atoms with Crippen molar-refractivity contribution in [1.29, 1.82) is 0 Å². The van der Waals surface area contributed by atoms with Gasteiger partial charge in [0.05, 0.1) is 12.7 Å². The predicted octanol–water partition coefficient (Wildman–Crippen LogP) is 0.946. The number of ether oxygens (including phenoxy) is 2. The van der Waals surface area contributed by atoms with Crippen LogP contribution in [-0.4, -0.2) is 74.2 Å². The number of hydrogen-bond acceptors (Lipinski definition) is 5. The third-order valence-electron chi connectivity index (χ3n) is 3.64. The molecule has 7 nitrogen and oxygen atoms in total. The zero-order chi connectivity index (χ0) is 17.7. The van der Waals surface area contributed by atoms with E-state index in [4.69, 9.17) is 14.6 Å². The number of likely N-dealkylation sites (N-methyl/N-ethyl adjacent to an activating group) is 1. The number of carbonyl (C=O) groups excluding carboxylic acids is 1. The normalized spacial score (nSPS) is 12.9. The number of nitrogens with zero attached hydrogens (tertiary/aromatic N) is 2. The van der Waals surface area contributed by atoms with Crippen LogP contribution in [0.3, 0.4) is 0 Å². The number of hydrogen-bond donors (Lipinski definition) is 1. The third kappa shape index (κ3) is 4.48. The van der Waals surface area contributed by atoms with Crippen molar-refractivity contribution in [2.24, 2.45) is 0 Å². The van der Waals surface area contributed by atoms with Gasteiger partial charge in [0.2, 0.25) is 0 Å². The highest BCUT2D eigenvalue weighted by molar-refractivity contribution is 6.00. The number of amides is 1. The van der Waals surface area contributed by atoms with Gasteiger partial charge in [-0.2, -0.15) is 0 Å². The van der Waals surface area contributed by atoms with Gasteiger partial charge >= 0.3 is 5.97 Å². The molecular formula is C17H22N2O5. The fourth-order valence-corrected chi connectivity index (χ4v) is 2.33. The van der Waals surface area contributed by atoms with Gasteiger partial charge in [-0.25, -0.2) is 0 Å². The van der Waals surface area contributed by atoms with Crippen LogP contribution in [0.25, 0.3) is 6.08 Å². The Morgan fingerprint density at radius 3 is 2.67 bits per heavy atom. The average molecular weight is 334 g/mol. The van der Waals surface area contributed by atoms with E-state index in [0.29, 0.717) is 30.2 Å². The first-order valence-electron chi connectivity index (χ1n) is 7.58. The van der Waals surface area contributed by atoms with Crippen molar-refractivity contribution in [2.45, 2.75) is 0 Å². The van der Waals surface area contributed by atoms with Gasteiger partial charge in [0.1, 0.15) is 24.7 Å². The van der Waals surface area contributed by atoms with Crippen molar-refractivity contribution in [3.05, 3.63) is 29.3 Å². The molecule has 0 saturated carbocycles. The van der Waals surface area contributed by atoms with Gasteiger partial charge < -0.3 is 24.4 Å². The Morgan fingerprint density at radius 2 is 2.04 bits per heavy atom. The van der Waals surface area contributed by atoms with Crippen LogP contribution in [-0.2, 0) is 9.59 Å². The second-order valence-corrected chi connectivity index (χ2v) is 5.79. The molecule has 1 aromatic carbocycles. The molecule has 0 atom stereocenters. The van der Waals surface area contributed by atoms with Gasteiger partial charge in [-0.1, -0.05) is 0 Å². The first kappa shape index (κ1) is 17.8. The Hall–Kier alpha value is -2.54. The standard InChI is InChI=1S/C17H22N2O5/c1-18(2)6-7-19(10-16(20)21)17(22)13-8-12-4-5-14(23-3)9-15(12)24-11-13/h4-5,8-9H,6-7,10-11H2,1-3H3,(H,20,21). The fraction of sp³-hybridized carbons (Fsp3) is 0.412. The molecule has 0 saturated heterocycles. The Balaban J connectivity index is 2.19. The van der Waals surface area contributed by atoms with Crippen molar-refractivity contribution in [1.82, 2.24) is 9.80 Å². The first-order valence-corrected chi connectivity index (χ1v) is 7.58. The summed E-state index contributed by atoms with van der Waals surface area (Å²) in [6.45, 7) is 0.697. The molecule has 0 aliphatic carbocycles. The second kappa shape index (κ2) is 7.83. The molecule has 24 heavy (non-hydrogen) atoms. The van der Waals surface area contributed by atoms with Crippen molar-refractivity contribution < 1.29 is 24.2 Å². The first-order chi connectivity index (χ1) is 11.4. The number of methoxy groups -OCH3 is 1. The van der Waals surface area contributed by atoms with Gasteiger partial charge in [0.25, 0.3) is 5.91 Å². The quantitative estimate of drug-likeness (QED) is 0.800. The Kier molecular flexibility index (Phi) is 5.81. The SMILES string of the molecule is COc1ccc2c(c1)OCC(C(=O)N(CCN(C)C)CC(=O)O)=C2. The number of benzene rings is 1. The molecule has 7 heteroatoms. The van der Waals surface area contributed by atoms with Crippen LogP contribution in [0.4, 0.5) is 0 Å². The van der Waals surface area contributed by atoms with Crippen LogP contribution in [0, 0.1) is 0 Å². The van der Waals surface area contributed by atoms with E-state index in [-0.39, 0.29) is 19.1 Å². The molecule has 0 aromatic heterocycles. The zero-order valence-electron chi connectivity index (χ0n) is 14.1. The van der Waals surface area contributed by atoms with E-state index in [1.807, 2.05) is 25.1 Å². The maximum atomic E-state index is 12.7. The topological polar surface area (TPSA) is 79.3 Å². The zero-order valence-corrected chi connectivity index (χ0v) is 14.1. The number of fused-ring (bicyclic) bond motifs is 1. The third-order valence-corrected chi connectivity index (χ3v) is 3.64. The lowest BCUT2D eigenvalue weighted by Crippen LogP contribution is -2.41. The lowest BCUT2D eigenvalue weighted by atomic mass is 10.1. The van der Waals surface area contributed by atoms with E-state index >= 15 is 0 Å². The highest BCUT2D eigenvalue weighted by Crippen LogP contribution is 2.30. The Morgan fingerprint density at radius 1 is 1.29 bits per heavy atom. The van der Waals surface area contributed by atoms with E-state index in [1.54, 1.807) is 25.3 Å². The molecule has 2 rings (SSSR count). The van der Waals surface area contributed by atoms with Gasteiger partial charge in [-0.15, -0.1) is 0 Å². The number of carbonyl (C=O) groups is 2. The molecule has 1 heterocycles. The van der Waals surface area contributed by atoms with Crippen molar-refractivity contribution in [3.8, 4) is 11.5 Å². The fourth-order valence-electron chi connectivity index (χ4n) is 2.33. The van der Waals surface area contributed by atoms with E-state index in [0.717, 1.165) is 5.56 Å². The summed E-state index contributed by atoms with van der Waals surface area (Å²) in [7, 11) is 5.32. The second-order valence-electron chi connectivity index (χ2n) is 5.79. The monoisotopic (exact) mass is 334 g/mol. The highest BCUT2D eigenvalue weighted by atomic mass is 16.5. The molecular weight excluding hydrogens is 312 g/mol. The molecule has 0 fully saturated rings. The smallest absolute Gasteiger partial charge is 0.323 e. The molecule has 0 unspecified atom stereocenters. The summed E-state index contributed by atoms with van der Waals surface area (Å²) >= 11 is 0. The summed E-state index contributed by atoms with van der Waals surface area (Å²) in [5.74, 6) is -0.0373. The lowest BCUT2D eigenvalue weighted by molar-refractivity contribution is -0.143. The van der Waals surface area contributed by atoms with E-state index < -0.39 is 5.97 Å². The largest absolute Gasteiger partial charge is 0.497 e. The molecule has 130 valence electrons. The highest BCUT2D eigenvalue weighted by Gasteiger charge is 2.24. The van der Waals surface area contributed by atoms with Gasteiger partial charge in [0, 0.05) is 24.7 Å². The minimum atomic E-state index is -1.04. The van der Waals surface area contributed by atoms with E-state index in [2.05, 4.69) is 0 Å². The minimum absolute atomic E-state index is 0.108. The summed E-state index contributed by atoms with van der Waals surface area (Å²) in [6.07, 6.45) is 1.74. The van der Waals surface area contributed by atoms with Crippen LogP contribution in [0.1, 0.15) is 5.56 Å². The molecule has 0 bridgehead atoms. The molecule has 1 N–H and O–H groups in total. The number of aliphatic carboxylic acids is 1. The van der Waals surface area contributed by atoms with E-state index in [1.165, 1.54) is 4.90 Å². The molecule has 1 aromatic rings. The Labute approximate surface area is 141 Å². The Bertz CT molecular complexity index is 654. The number of carboxylic acids is 1. The summed E-state index contributed by atoms with van der Waals surface area (Å²) in [5, 5.41) is 9.04. The van der Waals surface area contributed by atoms with Gasteiger partial charge in [-0.05, 0) is 32.3 Å². The lowest BCUT2D eigenvalue weighted by Gasteiger charge is -2.25. The van der Waals surface area contributed by atoms with Crippen LogP contribution in [0.2, 0.25) is 0 Å². The van der Waals surface area contributed by atoms with Crippen LogP contribution in [0.5, 0.6) is 11.5 Å². The summed E-state index contributed by atoms with van der Waals surface area (Å²) in [6, 6.07) is 5.35. The van der Waals surface area contributed by atoms with E-state index in [9.17, 15) is 9.59 Å². The van der Waals surface area contributed by atoms with Gasteiger partial charge in [-0.3, -0.25) is 9.59 Å². The number of carboxylic acid groups (broad SMARTS) is 1. The average Bonchev–Trinajstić information content (AvgIpc) is 2.56. The maximum Gasteiger partial charge on any atom is 0.323 e. The molecule has 0 spiro atoms. The number of rotatable bonds is 7. The van der Waals surface area contributed by atoms with Crippen molar-refractivity contribution in [3.63, 3.8) is 0 Å². The minimum Gasteiger partial charge on any atom is -0.497 e. The van der Waals surface area contributed by atoms with Gasteiger partial charge in [0.15, 0.2) is 0 Å². The van der Waals surface area contributed by atoms with Crippen molar-refractivity contribution >= 4 is 18.0 Å². The molecule has 1 aliphatic rings. The summed E-state index contributed by atoms with van der Waals surface area (Å²) in [5.41, 5.74) is 1.21. The van der Waals surface area contributed by atoms with Crippen LogP contribution in [0.15, 0.2) is 23.8 Å². The predicted molar refractivity (Wildman–Crippen MR) is 89.2 cm³/mol.